The van der Waals surface area contributed by atoms with E-state index in [1.807, 2.05) is 11.8 Å². The molecule has 0 spiro atoms. The van der Waals surface area contributed by atoms with Gasteiger partial charge in [-0.3, -0.25) is 10.1 Å². The second-order valence-corrected chi connectivity index (χ2v) is 6.89. The van der Waals surface area contributed by atoms with Gasteiger partial charge in [-0.05, 0) is 34.5 Å². The molecule has 0 radical (unpaired) electrons. The monoisotopic (exact) mass is 345 g/mol. The number of pyridine rings is 1. The van der Waals surface area contributed by atoms with Crippen molar-refractivity contribution in [2.24, 2.45) is 0 Å². The van der Waals surface area contributed by atoms with Gasteiger partial charge in [-0.2, -0.15) is 11.8 Å². The summed E-state index contributed by atoms with van der Waals surface area (Å²) in [4.78, 5) is 14.8. The van der Waals surface area contributed by atoms with Crippen LogP contribution in [0.1, 0.15) is 26.2 Å². The zero-order valence-corrected chi connectivity index (χ0v) is 13.0. The van der Waals surface area contributed by atoms with Gasteiger partial charge in [-0.15, -0.1) is 0 Å². The largest absolute Gasteiger partial charge is 0.360 e. The third-order valence-electron chi connectivity index (χ3n) is 3.19. The first-order valence-electron chi connectivity index (χ1n) is 6.30. The van der Waals surface area contributed by atoms with Gasteiger partial charge in [0.15, 0.2) is 0 Å². The van der Waals surface area contributed by atoms with Crippen LogP contribution in [0.2, 0.25) is 0 Å². The molecule has 0 amide bonds. The number of hydrogen-bond acceptors (Lipinski definition) is 5. The van der Waals surface area contributed by atoms with Crippen molar-refractivity contribution in [2.75, 3.05) is 11.1 Å². The van der Waals surface area contributed by atoms with Crippen LogP contribution < -0.4 is 5.32 Å². The van der Waals surface area contributed by atoms with E-state index in [1.54, 1.807) is 6.20 Å². The van der Waals surface area contributed by atoms with Crippen LogP contribution in [0.25, 0.3) is 0 Å². The van der Waals surface area contributed by atoms with Gasteiger partial charge in [0, 0.05) is 28.0 Å². The number of rotatable bonds is 5. The molecule has 1 aliphatic rings. The van der Waals surface area contributed by atoms with E-state index in [0.717, 1.165) is 12.2 Å². The van der Waals surface area contributed by atoms with Crippen molar-refractivity contribution in [1.82, 2.24) is 4.98 Å². The summed E-state index contributed by atoms with van der Waals surface area (Å²) < 4.78 is 0.621. The minimum atomic E-state index is -0.392. The lowest BCUT2D eigenvalue weighted by atomic mass is 10.2. The van der Waals surface area contributed by atoms with Crippen LogP contribution in [0.15, 0.2) is 16.7 Å². The average Bonchev–Trinajstić information content (AvgIpc) is 2.79. The molecule has 1 N–H and O–H groups in total. The molecule has 0 aromatic carbocycles. The lowest BCUT2D eigenvalue weighted by Gasteiger charge is -2.20. The van der Waals surface area contributed by atoms with Crippen molar-refractivity contribution >= 4 is 39.2 Å². The first-order chi connectivity index (χ1) is 9.11. The predicted octanol–water partition coefficient (Wildman–Crippen LogP) is 3.84. The van der Waals surface area contributed by atoms with E-state index >= 15 is 0 Å². The van der Waals surface area contributed by atoms with E-state index in [4.69, 9.17) is 0 Å². The first kappa shape index (κ1) is 14.6. The fourth-order valence-corrected chi connectivity index (χ4v) is 3.88. The summed E-state index contributed by atoms with van der Waals surface area (Å²) in [5.74, 6) is 1.44. The zero-order valence-electron chi connectivity index (χ0n) is 10.6. The second-order valence-electron chi connectivity index (χ2n) is 4.45. The van der Waals surface area contributed by atoms with Crippen LogP contribution in [0.5, 0.6) is 0 Å². The lowest BCUT2D eigenvalue weighted by molar-refractivity contribution is -0.384. The summed E-state index contributed by atoms with van der Waals surface area (Å²) in [5, 5.41) is 14.8. The maximum Gasteiger partial charge on any atom is 0.312 e. The number of anilines is 1. The summed E-state index contributed by atoms with van der Waals surface area (Å²) >= 11 is 5.13. The molecule has 2 rings (SSSR count). The van der Waals surface area contributed by atoms with Crippen LogP contribution in [-0.4, -0.2) is 27.0 Å². The fourth-order valence-electron chi connectivity index (χ4n) is 2.36. The second kappa shape index (κ2) is 6.56. The molecule has 1 saturated carbocycles. The predicted molar refractivity (Wildman–Crippen MR) is 81.8 cm³/mol. The third kappa shape index (κ3) is 3.60. The molecule has 2 unspecified atom stereocenters. The molecule has 0 saturated heterocycles. The van der Waals surface area contributed by atoms with Crippen LogP contribution in [0.4, 0.5) is 11.5 Å². The Kier molecular flexibility index (Phi) is 5.04. The topological polar surface area (TPSA) is 68.1 Å². The van der Waals surface area contributed by atoms with Crippen molar-refractivity contribution < 1.29 is 4.92 Å². The molecule has 19 heavy (non-hydrogen) atoms. The number of aromatic nitrogens is 1. The Morgan fingerprint density at radius 3 is 3.11 bits per heavy atom. The van der Waals surface area contributed by atoms with Gasteiger partial charge in [0.05, 0.1) is 4.92 Å². The van der Waals surface area contributed by atoms with Gasteiger partial charge in [-0.25, -0.2) is 4.98 Å². The Bertz CT molecular complexity index is 472. The first-order valence-corrected chi connectivity index (χ1v) is 8.14. The minimum Gasteiger partial charge on any atom is -0.360 e. The van der Waals surface area contributed by atoms with E-state index < -0.39 is 4.92 Å². The van der Waals surface area contributed by atoms with Gasteiger partial charge in [0.1, 0.15) is 0 Å². The number of nitrogens with one attached hydrogen (secondary N) is 1. The molecule has 1 aromatic rings. The fraction of sp³-hybridized carbons (Fsp3) is 0.583. The molecular weight excluding hydrogens is 330 g/mol. The highest BCUT2D eigenvalue weighted by atomic mass is 79.9. The van der Waals surface area contributed by atoms with Crippen molar-refractivity contribution in [3.05, 3.63) is 26.9 Å². The van der Waals surface area contributed by atoms with Crippen LogP contribution in [-0.2, 0) is 0 Å². The van der Waals surface area contributed by atoms with Crippen LogP contribution >= 0.6 is 27.7 Å². The number of thioether (sulfide) groups is 1. The van der Waals surface area contributed by atoms with E-state index in [-0.39, 0.29) is 11.7 Å². The highest BCUT2D eigenvalue weighted by Crippen LogP contribution is 2.34. The number of hydrogen-bond donors (Lipinski definition) is 1. The Hall–Kier alpha value is -0.820. The molecule has 1 heterocycles. The number of nitrogens with zero attached hydrogens (tertiary/aromatic N) is 2. The van der Waals surface area contributed by atoms with Gasteiger partial charge >= 0.3 is 5.69 Å². The molecule has 0 bridgehead atoms. The molecular formula is C12H16BrN3O2S. The average molecular weight is 346 g/mol. The quantitative estimate of drug-likeness (QED) is 0.648. The maximum atomic E-state index is 11.1. The number of halogens is 1. The van der Waals surface area contributed by atoms with Crippen molar-refractivity contribution in [2.45, 2.75) is 37.5 Å². The van der Waals surface area contributed by atoms with Gasteiger partial charge in [0.25, 0.3) is 0 Å². The SMILES string of the molecule is CCSC1CCCC1Nc1ncc(Br)cc1[N+](=O)[O-]. The Morgan fingerprint density at radius 2 is 2.42 bits per heavy atom. The molecule has 1 fully saturated rings. The van der Waals surface area contributed by atoms with E-state index in [0.29, 0.717) is 15.5 Å². The summed E-state index contributed by atoms with van der Waals surface area (Å²) in [5.41, 5.74) is 0.0292. The zero-order chi connectivity index (χ0) is 13.8. The summed E-state index contributed by atoms with van der Waals surface area (Å²) in [6.45, 7) is 2.14. The summed E-state index contributed by atoms with van der Waals surface area (Å²) in [6, 6.07) is 1.77. The van der Waals surface area contributed by atoms with Crippen LogP contribution in [0, 0.1) is 10.1 Å². The van der Waals surface area contributed by atoms with Crippen molar-refractivity contribution in [3.8, 4) is 0 Å². The summed E-state index contributed by atoms with van der Waals surface area (Å²) in [7, 11) is 0. The van der Waals surface area contributed by atoms with Gasteiger partial charge < -0.3 is 5.32 Å². The van der Waals surface area contributed by atoms with E-state index in [1.165, 1.54) is 18.9 Å². The molecule has 0 aliphatic heterocycles. The highest BCUT2D eigenvalue weighted by Gasteiger charge is 2.29. The van der Waals surface area contributed by atoms with Crippen molar-refractivity contribution in [1.29, 1.82) is 0 Å². The molecule has 7 heteroatoms. The van der Waals surface area contributed by atoms with Gasteiger partial charge in [-0.1, -0.05) is 13.3 Å². The minimum absolute atomic E-state index is 0.0292. The molecule has 104 valence electrons. The standard InChI is InChI=1S/C12H16BrN3O2S/c1-2-19-11-5-3-4-9(11)15-12-10(16(17)18)6-8(13)7-14-12/h6-7,9,11H,2-5H2,1H3,(H,14,15). The smallest absolute Gasteiger partial charge is 0.312 e. The molecule has 5 nitrogen and oxygen atoms in total. The molecule has 1 aliphatic carbocycles. The molecule has 2 atom stereocenters. The maximum absolute atomic E-state index is 11.1. The van der Waals surface area contributed by atoms with Crippen LogP contribution in [0.3, 0.4) is 0 Å². The van der Waals surface area contributed by atoms with E-state index in [2.05, 4.69) is 33.2 Å². The van der Waals surface area contributed by atoms with Crippen molar-refractivity contribution in [3.63, 3.8) is 0 Å². The summed E-state index contributed by atoms with van der Waals surface area (Å²) in [6.07, 6.45) is 4.97. The normalized spacial score (nSPS) is 22.4. The number of nitro groups is 1. The third-order valence-corrected chi connectivity index (χ3v) is 4.95. The van der Waals surface area contributed by atoms with E-state index in [9.17, 15) is 10.1 Å². The molecule has 1 aromatic heterocycles. The van der Waals surface area contributed by atoms with Gasteiger partial charge in [0.2, 0.25) is 5.82 Å². The highest BCUT2D eigenvalue weighted by molar-refractivity contribution is 9.10. The Balaban J connectivity index is 2.16. The Morgan fingerprint density at radius 1 is 1.63 bits per heavy atom. The Labute approximate surface area is 124 Å². The lowest BCUT2D eigenvalue weighted by Crippen LogP contribution is -2.27.